The van der Waals surface area contributed by atoms with Crippen LogP contribution >= 0.6 is 46.3 Å². The van der Waals surface area contributed by atoms with Crippen LogP contribution in [0.5, 0.6) is 0 Å². The van der Waals surface area contributed by atoms with E-state index < -0.39 is 0 Å². The first-order valence-electron chi connectivity index (χ1n) is 8.77. The summed E-state index contributed by atoms with van der Waals surface area (Å²) in [4.78, 5) is 16.8. The van der Waals surface area contributed by atoms with E-state index in [9.17, 15) is 4.79 Å². The van der Waals surface area contributed by atoms with Gasteiger partial charge < -0.3 is 9.88 Å². The quantitative estimate of drug-likeness (QED) is 0.459. The monoisotopic (exact) mass is 455 g/mol. The van der Waals surface area contributed by atoms with Gasteiger partial charge in [0.05, 0.1) is 16.5 Å². The minimum Gasteiger partial charge on any atom is -0.306 e. The molecule has 0 unspecified atom stereocenters. The maximum Gasteiger partial charge on any atom is 0.236 e. The molecule has 0 aliphatic carbocycles. The summed E-state index contributed by atoms with van der Waals surface area (Å²) in [7, 11) is 0. The van der Waals surface area contributed by atoms with Crippen molar-refractivity contribution in [3.05, 3.63) is 39.4 Å². The fourth-order valence-electron chi connectivity index (χ4n) is 2.57. The molecule has 0 atom stereocenters. The van der Waals surface area contributed by atoms with Gasteiger partial charge in [-0.25, -0.2) is 4.98 Å². The van der Waals surface area contributed by atoms with Crippen molar-refractivity contribution in [2.24, 2.45) is 0 Å². The highest BCUT2D eigenvalue weighted by atomic mass is 35.5. The van der Waals surface area contributed by atoms with Gasteiger partial charge in [-0.2, -0.15) is 0 Å². The highest BCUT2D eigenvalue weighted by Gasteiger charge is 2.14. The predicted molar refractivity (Wildman–Crippen MR) is 117 cm³/mol. The third-order valence-electron chi connectivity index (χ3n) is 3.85. The summed E-state index contributed by atoms with van der Waals surface area (Å²) in [6.45, 7) is 5.00. The van der Waals surface area contributed by atoms with E-state index in [0.29, 0.717) is 20.9 Å². The normalized spacial score (nSPS) is 11.0. The lowest BCUT2D eigenvalue weighted by Crippen LogP contribution is -2.14. The minimum absolute atomic E-state index is 0.141. The van der Waals surface area contributed by atoms with Crippen LogP contribution in [0, 0.1) is 0 Å². The summed E-state index contributed by atoms with van der Waals surface area (Å²) in [5, 5.41) is 15.5. The molecule has 2 heterocycles. The molecule has 0 saturated carbocycles. The second-order valence-corrected chi connectivity index (χ2v) is 8.55. The molecule has 1 amide bonds. The Bertz CT molecular complexity index is 973. The minimum atomic E-state index is -0.141. The van der Waals surface area contributed by atoms with Crippen LogP contribution in [0.1, 0.15) is 26.1 Å². The van der Waals surface area contributed by atoms with Gasteiger partial charge in [0.25, 0.3) is 0 Å². The highest BCUT2D eigenvalue weighted by Crippen LogP contribution is 2.32. The van der Waals surface area contributed by atoms with Gasteiger partial charge in [-0.15, -0.1) is 21.5 Å². The molecule has 1 aromatic carbocycles. The molecular weight excluding hydrogens is 437 g/mol. The molecule has 0 fully saturated rings. The molecule has 0 aliphatic rings. The summed E-state index contributed by atoms with van der Waals surface area (Å²) in [5.74, 6) is 1.04. The van der Waals surface area contributed by atoms with Gasteiger partial charge in [-0.1, -0.05) is 48.8 Å². The number of rotatable bonds is 8. The topological polar surface area (TPSA) is 72.7 Å². The number of nitrogens with one attached hydrogen (secondary N) is 1. The average Bonchev–Trinajstić information content (AvgIpc) is 3.27. The van der Waals surface area contributed by atoms with Gasteiger partial charge in [0.15, 0.2) is 10.3 Å². The third kappa shape index (κ3) is 5.05. The Labute approximate surface area is 181 Å². The van der Waals surface area contributed by atoms with E-state index in [-0.39, 0.29) is 11.7 Å². The third-order valence-corrected chi connectivity index (χ3v) is 6.12. The maximum atomic E-state index is 12.3. The van der Waals surface area contributed by atoms with Crippen molar-refractivity contribution in [3.8, 4) is 11.3 Å². The number of anilines is 1. The zero-order chi connectivity index (χ0) is 20.1. The Morgan fingerprint density at radius 3 is 2.82 bits per heavy atom. The van der Waals surface area contributed by atoms with E-state index in [1.54, 1.807) is 12.1 Å². The number of aromatic nitrogens is 4. The molecule has 2 aromatic heterocycles. The molecule has 0 saturated heterocycles. The fourth-order valence-corrected chi connectivity index (χ4v) is 4.59. The van der Waals surface area contributed by atoms with E-state index in [0.717, 1.165) is 35.9 Å². The molecule has 28 heavy (non-hydrogen) atoms. The number of thioether (sulfide) groups is 1. The van der Waals surface area contributed by atoms with E-state index in [1.165, 1.54) is 23.1 Å². The van der Waals surface area contributed by atoms with Crippen molar-refractivity contribution in [2.75, 3.05) is 11.1 Å². The van der Waals surface area contributed by atoms with Crippen molar-refractivity contribution >= 4 is 57.3 Å². The van der Waals surface area contributed by atoms with Crippen LogP contribution in [0.25, 0.3) is 11.3 Å². The zero-order valence-electron chi connectivity index (χ0n) is 15.4. The summed E-state index contributed by atoms with van der Waals surface area (Å²) in [6.07, 6.45) is 1.80. The molecule has 3 rings (SSSR count). The van der Waals surface area contributed by atoms with Gasteiger partial charge >= 0.3 is 0 Å². The Morgan fingerprint density at radius 2 is 2.11 bits per heavy atom. The molecule has 0 bridgehead atoms. The van der Waals surface area contributed by atoms with Crippen molar-refractivity contribution in [1.82, 2.24) is 19.7 Å². The van der Waals surface area contributed by atoms with Crippen LogP contribution in [-0.4, -0.2) is 31.4 Å². The van der Waals surface area contributed by atoms with E-state index in [1.807, 2.05) is 18.4 Å². The summed E-state index contributed by atoms with van der Waals surface area (Å²) >= 11 is 14.9. The number of thiazole rings is 1. The van der Waals surface area contributed by atoms with Crippen LogP contribution in [0.15, 0.2) is 28.7 Å². The van der Waals surface area contributed by atoms with Crippen LogP contribution in [-0.2, 0) is 17.8 Å². The van der Waals surface area contributed by atoms with Crippen molar-refractivity contribution in [1.29, 1.82) is 0 Å². The number of hydrogen-bond donors (Lipinski definition) is 1. The highest BCUT2D eigenvalue weighted by molar-refractivity contribution is 7.99. The molecular formula is C18H19Cl2N5OS2. The molecule has 0 radical (unpaired) electrons. The molecule has 1 N–H and O–H groups in total. The molecule has 148 valence electrons. The van der Waals surface area contributed by atoms with Crippen LogP contribution < -0.4 is 5.32 Å². The summed E-state index contributed by atoms with van der Waals surface area (Å²) in [6, 6.07) is 5.24. The van der Waals surface area contributed by atoms with Gasteiger partial charge in [0.1, 0.15) is 5.82 Å². The van der Waals surface area contributed by atoms with E-state index in [4.69, 9.17) is 23.2 Å². The lowest BCUT2D eigenvalue weighted by atomic mass is 10.2. The average molecular weight is 456 g/mol. The SMILES string of the molecule is CCCn1c(CC)nnc1SCC(=O)Nc1nc(-c2ccc(Cl)cc2Cl)cs1. The predicted octanol–water partition coefficient (Wildman–Crippen LogP) is 5.41. The standard InChI is InChI=1S/C18H19Cl2N5OS2/c1-3-7-25-15(4-2)23-24-18(25)28-10-16(26)22-17-21-14(9-27-17)12-6-5-11(19)8-13(12)20/h5-6,8-9H,3-4,7,10H2,1-2H3,(H,21,22,26). The fraction of sp³-hybridized carbons (Fsp3) is 0.333. The van der Waals surface area contributed by atoms with Crippen molar-refractivity contribution in [3.63, 3.8) is 0 Å². The number of hydrogen-bond acceptors (Lipinski definition) is 6. The second kappa shape index (κ2) is 9.73. The van der Waals surface area contributed by atoms with Gasteiger partial charge in [-0.05, 0) is 24.6 Å². The van der Waals surface area contributed by atoms with Gasteiger partial charge in [0.2, 0.25) is 5.91 Å². The van der Waals surface area contributed by atoms with E-state index in [2.05, 4.69) is 32.0 Å². The number of benzene rings is 1. The molecule has 0 aliphatic heterocycles. The first-order chi connectivity index (χ1) is 13.5. The van der Waals surface area contributed by atoms with E-state index >= 15 is 0 Å². The molecule has 10 heteroatoms. The van der Waals surface area contributed by atoms with Gasteiger partial charge in [0, 0.05) is 28.9 Å². The zero-order valence-corrected chi connectivity index (χ0v) is 18.6. The Kier molecular flexibility index (Phi) is 7.34. The van der Waals surface area contributed by atoms with Gasteiger partial charge in [-0.3, -0.25) is 4.79 Å². The second-order valence-electron chi connectivity index (χ2n) is 5.90. The lowest BCUT2D eigenvalue weighted by molar-refractivity contribution is -0.113. The largest absolute Gasteiger partial charge is 0.306 e. The molecule has 6 nitrogen and oxygen atoms in total. The Balaban J connectivity index is 1.62. The lowest BCUT2D eigenvalue weighted by Gasteiger charge is -2.07. The molecule has 3 aromatic rings. The first-order valence-corrected chi connectivity index (χ1v) is 11.4. The smallest absolute Gasteiger partial charge is 0.236 e. The van der Waals surface area contributed by atoms with Crippen molar-refractivity contribution in [2.45, 2.75) is 38.4 Å². The van der Waals surface area contributed by atoms with Crippen LogP contribution in [0.4, 0.5) is 5.13 Å². The number of aryl methyl sites for hydroxylation is 1. The van der Waals surface area contributed by atoms with Crippen molar-refractivity contribution < 1.29 is 4.79 Å². The Morgan fingerprint density at radius 1 is 1.29 bits per heavy atom. The van der Waals surface area contributed by atoms with Crippen LogP contribution in [0.3, 0.4) is 0 Å². The summed E-state index contributed by atoms with van der Waals surface area (Å²) < 4.78 is 2.07. The Hall–Kier alpha value is -1.61. The number of carbonyl (C=O) groups excluding carboxylic acids is 1. The number of amides is 1. The summed E-state index contributed by atoms with van der Waals surface area (Å²) in [5.41, 5.74) is 1.47. The first kappa shape index (κ1) is 21.1. The molecule has 0 spiro atoms. The number of nitrogens with zero attached hydrogens (tertiary/aromatic N) is 4. The number of carbonyl (C=O) groups is 1. The van der Waals surface area contributed by atoms with Crippen LogP contribution in [0.2, 0.25) is 10.0 Å². The number of halogens is 2. The maximum absolute atomic E-state index is 12.3.